The zero-order valence-electron chi connectivity index (χ0n) is 9.25. The van der Waals surface area contributed by atoms with Crippen LogP contribution >= 0.6 is 15.9 Å². The number of rotatable bonds is 4. The van der Waals surface area contributed by atoms with E-state index in [0.29, 0.717) is 18.0 Å². The minimum atomic E-state index is -0.271. The number of carbonyl (C=O) groups is 1. The predicted molar refractivity (Wildman–Crippen MR) is 65.4 cm³/mol. The third kappa shape index (κ3) is 3.13. The molecule has 0 amide bonds. The first-order valence-corrected chi connectivity index (χ1v) is 5.65. The van der Waals surface area contributed by atoms with Crippen LogP contribution in [-0.4, -0.2) is 19.7 Å². The highest BCUT2D eigenvalue weighted by molar-refractivity contribution is 9.10. The van der Waals surface area contributed by atoms with Gasteiger partial charge in [-0.05, 0) is 24.6 Å². The van der Waals surface area contributed by atoms with Crippen LogP contribution in [0.4, 0.5) is 5.69 Å². The fourth-order valence-corrected chi connectivity index (χ4v) is 1.76. The molecule has 88 valence electrons. The van der Waals surface area contributed by atoms with Crippen molar-refractivity contribution in [1.29, 1.82) is 0 Å². The maximum Gasteiger partial charge on any atom is 0.310 e. The van der Waals surface area contributed by atoms with Crippen LogP contribution in [0.15, 0.2) is 16.6 Å². The van der Waals surface area contributed by atoms with Gasteiger partial charge in [0.15, 0.2) is 0 Å². The highest BCUT2D eigenvalue weighted by Gasteiger charge is 2.11. The summed E-state index contributed by atoms with van der Waals surface area (Å²) in [5.41, 5.74) is 7.05. The molecule has 0 bridgehead atoms. The van der Waals surface area contributed by atoms with E-state index in [1.165, 1.54) is 0 Å². The molecule has 4 nitrogen and oxygen atoms in total. The number of halogens is 1. The molecule has 2 N–H and O–H groups in total. The van der Waals surface area contributed by atoms with E-state index in [2.05, 4.69) is 15.9 Å². The van der Waals surface area contributed by atoms with Gasteiger partial charge in [-0.15, -0.1) is 0 Å². The molecule has 0 radical (unpaired) electrons. The molecular weight excluding hydrogens is 274 g/mol. The third-order valence-electron chi connectivity index (χ3n) is 2.04. The average molecular weight is 288 g/mol. The second kappa shape index (κ2) is 5.75. The maximum atomic E-state index is 11.3. The highest BCUT2D eigenvalue weighted by atomic mass is 79.9. The summed E-state index contributed by atoms with van der Waals surface area (Å²) in [4.78, 5) is 11.3. The molecular formula is C11H14BrNO3. The van der Waals surface area contributed by atoms with Crippen LogP contribution in [0, 0.1) is 0 Å². The molecule has 0 unspecified atom stereocenters. The molecule has 1 rings (SSSR count). The van der Waals surface area contributed by atoms with Crippen molar-refractivity contribution in [3.63, 3.8) is 0 Å². The summed E-state index contributed by atoms with van der Waals surface area (Å²) < 4.78 is 10.7. The minimum Gasteiger partial charge on any atom is -0.495 e. The Morgan fingerprint density at radius 1 is 1.50 bits per heavy atom. The summed E-state index contributed by atoms with van der Waals surface area (Å²) in [6.45, 7) is 2.15. The Hall–Kier alpha value is -1.23. The number of ether oxygens (including phenoxy) is 2. The molecule has 1 aromatic carbocycles. The van der Waals surface area contributed by atoms with E-state index in [-0.39, 0.29) is 12.4 Å². The molecule has 0 heterocycles. The zero-order chi connectivity index (χ0) is 12.1. The normalized spacial score (nSPS) is 9.94. The van der Waals surface area contributed by atoms with Crippen molar-refractivity contribution in [2.75, 3.05) is 19.5 Å². The number of anilines is 1. The summed E-state index contributed by atoms with van der Waals surface area (Å²) in [6.07, 6.45) is 0.197. The number of nitrogens with two attached hydrogens (primary N) is 1. The number of hydrogen-bond donors (Lipinski definition) is 1. The lowest BCUT2D eigenvalue weighted by atomic mass is 10.1. The van der Waals surface area contributed by atoms with Gasteiger partial charge in [0.05, 0.1) is 25.8 Å². The molecule has 1 aromatic rings. The second-order valence-corrected chi connectivity index (χ2v) is 4.02. The van der Waals surface area contributed by atoms with E-state index < -0.39 is 0 Å². The summed E-state index contributed by atoms with van der Waals surface area (Å²) in [5, 5.41) is 0. The highest BCUT2D eigenvalue weighted by Crippen LogP contribution is 2.29. The smallest absolute Gasteiger partial charge is 0.310 e. The Morgan fingerprint density at radius 3 is 2.75 bits per heavy atom. The third-order valence-corrected chi connectivity index (χ3v) is 2.78. The van der Waals surface area contributed by atoms with Crippen molar-refractivity contribution in [3.8, 4) is 5.75 Å². The Bertz CT molecular complexity index is 393. The molecule has 0 aliphatic rings. The number of esters is 1. The lowest BCUT2D eigenvalue weighted by molar-refractivity contribution is -0.142. The van der Waals surface area contributed by atoms with Crippen LogP contribution in [0.3, 0.4) is 0 Å². The monoisotopic (exact) mass is 287 g/mol. The first-order valence-electron chi connectivity index (χ1n) is 4.86. The molecule has 0 aliphatic heterocycles. The number of methoxy groups -OCH3 is 1. The van der Waals surface area contributed by atoms with Crippen LogP contribution in [0.5, 0.6) is 5.75 Å². The first kappa shape index (κ1) is 12.8. The molecule has 5 heteroatoms. The molecule has 0 atom stereocenters. The van der Waals surface area contributed by atoms with E-state index in [0.717, 1.165) is 10.0 Å². The Kier molecular flexibility index (Phi) is 4.61. The van der Waals surface area contributed by atoms with Gasteiger partial charge in [0.2, 0.25) is 0 Å². The fraction of sp³-hybridized carbons (Fsp3) is 0.364. The van der Waals surface area contributed by atoms with Gasteiger partial charge in [0, 0.05) is 4.47 Å². The van der Waals surface area contributed by atoms with Crippen molar-refractivity contribution in [3.05, 3.63) is 22.2 Å². The Balaban J connectivity index is 2.89. The standard InChI is InChI=1S/C11H14BrNO3/c1-3-16-11(14)5-7-4-9(13)10(15-2)6-8(7)12/h4,6H,3,5,13H2,1-2H3. The van der Waals surface area contributed by atoms with Gasteiger partial charge in [-0.25, -0.2) is 0 Å². The van der Waals surface area contributed by atoms with Gasteiger partial charge >= 0.3 is 5.97 Å². The van der Waals surface area contributed by atoms with Crippen molar-refractivity contribution in [1.82, 2.24) is 0 Å². The van der Waals surface area contributed by atoms with Gasteiger partial charge in [-0.2, -0.15) is 0 Å². The number of carbonyl (C=O) groups excluding carboxylic acids is 1. The summed E-state index contributed by atoms with van der Waals surface area (Å²) in [7, 11) is 1.54. The lowest BCUT2D eigenvalue weighted by Crippen LogP contribution is -2.08. The maximum absolute atomic E-state index is 11.3. The molecule has 0 saturated carbocycles. The molecule has 0 aromatic heterocycles. The quantitative estimate of drug-likeness (QED) is 0.681. The lowest BCUT2D eigenvalue weighted by Gasteiger charge is -2.09. The predicted octanol–water partition coefficient (Wildman–Crippen LogP) is 2.15. The van der Waals surface area contributed by atoms with Crippen molar-refractivity contribution in [2.24, 2.45) is 0 Å². The SMILES string of the molecule is CCOC(=O)Cc1cc(N)c(OC)cc1Br. The number of nitrogen functional groups attached to an aromatic ring is 1. The topological polar surface area (TPSA) is 61.5 Å². The van der Waals surface area contributed by atoms with E-state index in [1.54, 1.807) is 26.2 Å². The summed E-state index contributed by atoms with van der Waals surface area (Å²) in [6, 6.07) is 3.45. The summed E-state index contributed by atoms with van der Waals surface area (Å²) >= 11 is 3.36. The van der Waals surface area contributed by atoms with Crippen LogP contribution < -0.4 is 10.5 Å². The molecule has 0 spiro atoms. The largest absolute Gasteiger partial charge is 0.495 e. The average Bonchev–Trinajstić information content (AvgIpc) is 2.23. The summed E-state index contributed by atoms with van der Waals surface area (Å²) in [5.74, 6) is 0.312. The van der Waals surface area contributed by atoms with Crippen molar-refractivity contribution >= 4 is 27.6 Å². The van der Waals surface area contributed by atoms with E-state index >= 15 is 0 Å². The number of hydrogen-bond acceptors (Lipinski definition) is 4. The number of benzene rings is 1. The van der Waals surface area contributed by atoms with Crippen LogP contribution in [0.25, 0.3) is 0 Å². The second-order valence-electron chi connectivity index (χ2n) is 3.17. The fourth-order valence-electron chi connectivity index (χ4n) is 1.30. The van der Waals surface area contributed by atoms with Crippen LogP contribution in [0.2, 0.25) is 0 Å². The van der Waals surface area contributed by atoms with Gasteiger partial charge in [0.25, 0.3) is 0 Å². The molecule has 0 fully saturated rings. The molecule has 0 aliphatic carbocycles. The van der Waals surface area contributed by atoms with E-state index in [1.807, 2.05) is 0 Å². The zero-order valence-corrected chi connectivity index (χ0v) is 10.8. The van der Waals surface area contributed by atoms with Crippen molar-refractivity contribution in [2.45, 2.75) is 13.3 Å². The first-order chi connectivity index (χ1) is 7.58. The van der Waals surface area contributed by atoms with E-state index in [4.69, 9.17) is 15.2 Å². The van der Waals surface area contributed by atoms with Crippen molar-refractivity contribution < 1.29 is 14.3 Å². The van der Waals surface area contributed by atoms with Gasteiger partial charge in [0.1, 0.15) is 5.75 Å². The van der Waals surface area contributed by atoms with E-state index in [9.17, 15) is 4.79 Å². The van der Waals surface area contributed by atoms with Gasteiger partial charge in [-0.1, -0.05) is 15.9 Å². The Morgan fingerprint density at radius 2 is 2.19 bits per heavy atom. The minimum absolute atomic E-state index is 0.197. The Labute approximate surface area is 103 Å². The van der Waals surface area contributed by atoms with Crippen LogP contribution in [0.1, 0.15) is 12.5 Å². The molecule has 16 heavy (non-hydrogen) atoms. The molecule has 0 saturated heterocycles. The van der Waals surface area contributed by atoms with Gasteiger partial charge in [-0.3, -0.25) is 4.79 Å². The van der Waals surface area contributed by atoms with Crippen LogP contribution in [-0.2, 0) is 16.0 Å². The van der Waals surface area contributed by atoms with Gasteiger partial charge < -0.3 is 15.2 Å².